The standard InChI is InChI=1S/C15H25N3S/c1-4-13-7-18(8-14-17-11(2)9-19-14)15(3,10-16-13)12-5-6-12/h9,12-13,16H,4-8,10H2,1-3H3. The molecule has 2 unspecified atom stereocenters. The van der Waals surface area contributed by atoms with Crippen molar-refractivity contribution in [3.8, 4) is 0 Å². The smallest absolute Gasteiger partial charge is 0.107 e. The minimum Gasteiger partial charge on any atom is -0.311 e. The van der Waals surface area contributed by atoms with Gasteiger partial charge in [0.15, 0.2) is 0 Å². The monoisotopic (exact) mass is 279 g/mol. The highest BCUT2D eigenvalue weighted by Crippen LogP contribution is 2.44. The first-order valence-corrected chi connectivity index (χ1v) is 8.39. The van der Waals surface area contributed by atoms with E-state index in [1.165, 1.54) is 30.8 Å². The Bertz CT molecular complexity index is 440. The van der Waals surface area contributed by atoms with Gasteiger partial charge >= 0.3 is 0 Å². The lowest BCUT2D eigenvalue weighted by Crippen LogP contribution is -2.63. The van der Waals surface area contributed by atoms with E-state index in [2.05, 4.69) is 41.4 Å². The molecule has 0 aromatic carbocycles. The van der Waals surface area contributed by atoms with Crippen LogP contribution in [-0.4, -0.2) is 34.6 Å². The third-order valence-electron chi connectivity index (χ3n) is 4.85. The van der Waals surface area contributed by atoms with E-state index >= 15 is 0 Å². The molecule has 3 rings (SSSR count). The number of rotatable bonds is 4. The first-order chi connectivity index (χ1) is 9.11. The van der Waals surface area contributed by atoms with E-state index < -0.39 is 0 Å². The van der Waals surface area contributed by atoms with Gasteiger partial charge < -0.3 is 5.32 Å². The van der Waals surface area contributed by atoms with Crippen molar-refractivity contribution in [2.24, 2.45) is 5.92 Å². The summed E-state index contributed by atoms with van der Waals surface area (Å²) >= 11 is 1.81. The summed E-state index contributed by atoms with van der Waals surface area (Å²) in [5.41, 5.74) is 1.50. The van der Waals surface area contributed by atoms with E-state index in [0.717, 1.165) is 24.7 Å². The fraction of sp³-hybridized carbons (Fsp3) is 0.800. The predicted octanol–water partition coefficient (Wildman–Crippen LogP) is 2.80. The lowest BCUT2D eigenvalue weighted by molar-refractivity contribution is 0.0270. The Morgan fingerprint density at radius 1 is 1.53 bits per heavy atom. The number of aryl methyl sites for hydroxylation is 1. The predicted molar refractivity (Wildman–Crippen MR) is 80.5 cm³/mol. The van der Waals surface area contributed by atoms with Gasteiger partial charge in [-0.2, -0.15) is 0 Å². The molecule has 0 spiro atoms. The summed E-state index contributed by atoms with van der Waals surface area (Å²) in [5.74, 6) is 0.888. The van der Waals surface area contributed by atoms with Crippen LogP contribution in [0.1, 0.15) is 43.8 Å². The molecule has 0 radical (unpaired) electrons. The van der Waals surface area contributed by atoms with E-state index in [4.69, 9.17) is 0 Å². The summed E-state index contributed by atoms with van der Waals surface area (Å²) in [6.45, 7) is 10.2. The zero-order valence-corrected chi connectivity index (χ0v) is 13.1. The maximum absolute atomic E-state index is 4.66. The molecular weight excluding hydrogens is 254 g/mol. The van der Waals surface area contributed by atoms with Crippen LogP contribution in [0.25, 0.3) is 0 Å². The van der Waals surface area contributed by atoms with Crippen molar-refractivity contribution in [3.63, 3.8) is 0 Å². The Morgan fingerprint density at radius 3 is 2.89 bits per heavy atom. The van der Waals surface area contributed by atoms with Gasteiger partial charge in [-0.3, -0.25) is 4.90 Å². The highest BCUT2D eigenvalue weighted by atomic mass is 32.1. The average molecular weight is 279 g/mol. The summed E-state index contributed by atoms with van der Waals surface area (Å²) in [4.78, 5) is 7.36. The van der Waals surface area contributed by atoms with Gasteiger partial charge in [-0.15, -0.1) is 11.3 Å². The van der Waals surface area contributed by atoms with E-state index in [1.807, 2.05) is 11.3 Å². The summed E-state index contributed by atoms with van der Waals surface area (Å²) in [6, 6.07) is 0.646. The molecule has 1 aromatic rings. The largest absolute Gasteiger partial charge is 0.311 e. The average Bonchev–Trinajstić information content (AvgIpc) is 3.17. The molecule has 1 N–H and O–H groups in total. The molecule has 1 saturated carbocycles. The maximum Gasteiger partial charge on any atom is 0.107 e. The third kappa shape index (κ3) is 2.71. The van der Waals surface area contributed by atoms with Crippen molar-refractivity contribution in [3.05, 3.63) is 16.1 Å². The number of nitrogens with zero attached hydrogens (tertiary/aromatic N) is 2. The molecule has 0 bridgehead atoms. The second-order valence-corrected chi connectivity index (χ2v) is 7.32. The second-order valence-electron chi connectivity index (χ2n) is 6.38. The van der Waals surface area contributed by atoms with Gasteiger partial charge in [0.05, 0.1) is 6.54 Å². The minimum atomic E-state index is 0.339. The lowest BCUT2D eigenvalue weighted by atomic mass is 9.89. The van der Waals surface area contributed by atoms with Crippen LogP contribution in [0.5, 0.6) is 0 Å². The first kappa shape index (κ1) is 13.5. The Labute approximate surface area is 120 Å². The highest BCUT2D eigenvalue weighted by molar-refractivity contribution is 7.09. The first-order valence-electron chi connectivity index (χ1n) is 7.51. The van der Waals surface area contributed by atoms with Crippen LogP contribution >= 0.6 is 11.3 Å². The van der Waals surface area contributed by atoms with E-state index in [1.54, 1.807) is 0 Å². The van der Waals surface area contributed by atoms with Crippen molar-refractivity contribution >= 4 is 11.3 Å². The Kier molecular flexibility index (Phi) is 3.67. The van der Waals surface area contributed by atoms with Crippen LogP contribution in [0.3, 0.4) is 0 Å². The van der Waals surface area contributed by atoms with Gasteiger partial charge in [0.1, 0.15) is 5.01 Å². The van der Waals surface area contributed by atoms with Gasteiger partial charge in [0, 0.05) is 35.7 Å². The Hall–Kier alpha value is -0.450. The number of hydrogen-bond donors (Lipinski definition) is 1. The van der Waals surface area contributed by atoms with Crippen LogP contribution < -0.4 is 5.32 Å². The lowest BCUT2D eigenvalue weighted by Gasteiger charge is -2.48. The van der Waals surface area contributed by atoms with E-state index in [9.17, 15) is 0 Å². The van der Waals surface area contributed by atoms with Crippen molar-refractivity contribution in [2.45, 2.75) is 58.2 Å². The molecule has 106 valence electrons. The number of nitrogens with one attached hydrogen (secondary N) is 1. The maximum atomic E-state index is 4.66. The van der Waals surface area contributed by atoms with Gasteiger partial charge in [0.25, 0.3) is 0 Å². The number of piperazine rings is 1. The van der Waals surface area contributed by atoms with Gasteiger partial charge in [-0.05, 0) is 39.0 Å². The normalized spacial score (nSPS) is 32.7. The molecule has 2 fully saturated rings. The molecule has 2 heterocycles. The number of thiazole rings is 1. The van der Waals surface area contributed by atoms with Crippen LogP contribution in [0.4, 0.5) is 0 Å². The van der Waals surface area contributed by atoms with Crippen molar-refractivity contribution in [1.29, 1.82) is 0 Å². The number of hydrogen-bond acceptors (Lipinski definition) is 4. The minimum absolute atomic E-state index is 0.339. The van der Waals surface area contributed by atoms with E-state index in [-0.39, 0.29) is 0 Å². The zero-order chi connectivity index (χ0) is 13.5. The molecule has 1 saturated heterocycles. The summed E-state index contributed by atoms with van der Waals surface area (Å²) in [7, 11) is 0. The van der Waals surface area contributed by atoms with Crippen LogP contribution in [0, 0.1) is 12.8 Å². The molecule has 3 nitrogen and oxygen atoms in total. The molecule has 19 heavy (non-hydrogen) atoms. The topological polar surface area (TPSA) is 28.2 Å². The third-order valence-corrected chi connectivity index (χ3v) is 5.81. The fourth-order valence-corrected chi connectivity index (χ4v) is 4.05. The summed E-state index contributed by atoms with van der Waals surface area (Å²) < 4.78 is 0. The Morgan fingerprint density at radius 2 is 2.32 bits per heavy atom. The van der Waals surface area contributed by atoms with Crippen molar-refractivity contribution in [1.82, 2.24) is 15.2 Å². The van der Waals surface area contributed by atoms with E-state index in [0.29, 0.717) is 11.6 Å². The molecule has 4 heteroatoms. The molecule has 1 aliphatic carbocycles. The Balaban J connectivity index is 1.76. The molecule has 0 amide bonds. The van der Waals surface area contributed by atoms with Gasteiger partial charge in [-0.1, -0.05) is 6.92 Å². The van der Waals surface area contributed by atoms with Crippen LogP contribution in [-0.2, 0) is 6.54 Å². The van der Waals surface area contributed by atoms with Crippen molar-refractivity contribution < 1.29 is 0 Å². The molecule has 1 aromatic heterocycles. The molecular formula is C15H25N3S. The van der Waals surface area contributed by atoms with Crippen LogP contribution in [0.2, 0.25) is 0 Å². The van der Waals surface area contributed by atoms with Crippen molar-refractivity contribution in [2.75, 3.05) is 13.1 Å². The number of aromatic nitrogens is 1. The molecule has 2 aliphatic rings. The zero-order valence-electron chi connectivity index (χ0n) is 12.3. The van der Waals surface area contributed by atoms with Crippen LogP contribution in [0.15, 0.2) is 5.38 Å². The summed E-state index contributed by atoms with van der Waals surface area (Å²) in [6.07, 6.45) is 4.03. The second kappa shape index (κ2) is 5.15. The van der Waals surface area contributed by atoms with Gasteiger partial charge in [0.2, 0.25) is 0 Å². The molecule has 1 aliphatic heterocycles. The SMILES string of the molecule is CCC1CN(Cc2nc(C)cs2)C(C)(C2CC2)CN1. The quantitative estimate of drug-likeness (QED) is 0.918. The highest BCUT2D eigenvalue weighted by Gasteiger charge is 2.48. The molecule has 2 atom stereocenters. The fourth-order valence-electron chi connectivity index (χ4n) is 3.27. The van der Waals surface area contributed by atoms with Gasteiger partial charge in [-0.25, -0.2) is 4.98 Å². The summed E-state index contributed by atoms with van der Waals surface area (Å²) in [5, 5.41) is 7.19.